The molecule has 0 spiro atoms. The van der Waals surface area contributed by atoms with Gasteiger partial charge < -0.3 is 4.74 Å². The molecule has 25 heavy (non-hydrogen) atoms. The lowest BCUT2D eigenvalue weighted by molar-refractivity contribution is 0.306. The molecule has 3 rings (SSSR count). The number of hydrazone groups is 1. The Kier molecular flexibility index (Phi) is 5.94. The van der Waals surface area contributed by atoms with E-state index >= 15 is 0 Å². The fourth-order valence-corrected chi connectivity index (χ4v) is 2.76. The quantitative estimate of drug-likeness (QED) is 0.425. The molecular formula is C20H16Cl2N2O. The number of para-hydroxylation sites is 1. The van der Waals surface area contributed by atoms with Crippen molar-refractivity contribution in [2.24, 2.45) is 5.10 Å². The van der Waals surface area contributed by atoms with Crippen LogP contribution in [0.25, 0.3) is 0 Å². The zero-order chi connectivity index (χ0) is 17.5. The Morgan fingerprint density at radius 3 is 2.12 bits per heavy atom. The lowest BCUT2D eigenvalue weighted by Crippen LogP contribution is -1.97. The second-order valence-corrected chi connectivity index (χ2v) is 6.13. The molecule has 1 N–H and O–H groups in total. The summed E-state index contributed by atoms with van der Waals surface area (Å²) >= 11 is 12.6. The van der Waals surface area contributed by atoms with Gasteiger partial charge >= 0.3 is 0 Å². The summed E-state index contributed by atoms with van der Waals surface area (Å²) in [6, 6.07) is 23.0. The molecule has 0 radical (unpaired) electrons. The fraction of sp³-hybridized carbons (Fsp3) is 0.0500. The summed E-state index contributed by atoms with van der Waals surface area (Å²) in [5, 5.41) is 5.13. The van der Waals surface area contributed by atoms with Gasteiger partial charge in [-0.05, 0) is 29.8 Å². The number of anilines is 1. The van der Waals surface area contributed by atoms with Crippen molar-refractivity contribution in [3.8, 4) is 5.75 Å². The molecule has 0 bridgehead atoms. The second kappa shape index (κ2) is 8.56. The standard InChI is InChI=1S/C20H16Cl2N2O/c21-19-11-17(25-14-15-7-3-1-4-8-15)12-20(22)18(19)13-23-24-16-9-5-2-6-10-16/h1-13,24H,14H2. The highest BCUT2D eigenvalue weighted by Gasteiger charge is 2.08. The summed E-state index contributed by atoms with van der Waals surface area (Å²) in [6.45, 7) is 0.455. The van der Waals surface area contributed by atoms with Crippen LogP contribution in [0, 0.1) is 0 Å². The van der Waals surface area contributed by atoms with Crippen molar-refractivity contribution in [1.29, 1.82) is 0 Å². The van der Waals surface area contributed by atoms with E-state index in [0.29, 0.717) is 28.0 Å². The van der Waals surface area contributed by atoms with Crippen molar-refractivity contribution in [3.05, 3.63) is 94.0 Å². The molecule has 0 heterocycles. The highest BCUT2D eigenvalue weighted by molar-refractivity contribution is 6.38. The first-order valence-corrected chi connectivity index (χ1v) is 8.48. The predicted molar refractivity (Wildman–Crippen MR) is 105 cm³/mol. The number of halogens is 2. The number of ether oxygens (including phenoxy) is 1. The zero-order valence-electron chi connectivity index (χ0n) is 13.3. The Bertz CT molecular complexity index is 829. The lowest BCUT2D eigenvalue weighted by Gasteiger charge is -2.09. The van der Waals surface area contributed by atoms with E-state index in [1.807, 2.05) is 60.7 Å². The van der Waals surface area contributed by atoms with Gasteiger partial charge in [-0.3, -0.25) is 5.43 Å². The average molecular weight is 371 g/mol. The first-order chi connectivity index (χ1) is 12.2. The van der Waals surface area contributed by atoms with Gasteiger partial charge in [0.05, 0.1) is 21.9 Å². The molecule has 0 aliphatic heterocycles. The van der Waals surface area contributed by atoms with Crippen LogP contribution in [0.2, 0.25) is 10.0 Å². The topological polar surface area (TPSA) is 33.6 Å². The molecule has 0 fully saturated rings. The van der Waals surface area contributed by atoms with Crippen LogP contribution in [-0.2, 0) is 6.61 Å². The van der Waals surface area contributed by atoms with Gasteiger partial charge in [-0.2, -0.15) is 5.10 Å². The summed E-state index contributed by atoms with van der Waals surface area (Å²) in [7, 11) is 0. The van der Waals surface area contributed by atoms with Gasteiger partial charge in [-0.25, -0.2) is 0 Å². The van der Waals surface area contributed by atoms with E-state index in [2.05, 4.69) is 10.5 Å². The molecule has 0 aromatic heterocycles. The Balaban J connectivity index is 1.67. The van der Waals surface area contributed by atoms with Gasteiger partial charge in [0.15, 0.2) is 0 Å². The molecule has 0 aliphatic rings. The van der Waals surface area contributed by atoms with E-state index in [4.69, 9.17) is 27.9 Å². The lowest BCUT2D eigenvalue weighted by atomic mass is 10.2. The molecule has 3 nitrogen and oxygen atoms in total. The number of hydrogen-bond acceptors (Lipinski definition) is 3. The van der Waals surface area contributed by atoms with Crippen LogP contribution in [0.5, 0.6) is 5.75 Å². The minimum absolute atomic E-state index is 0.455. The molecule has 0 unspecified atom stereocenters. The Labute approximate surface area is 156 Å². The molecule has 0 atom stereocenters. The van der Waals surface area contributed by atoms with Crippen LogP contribution >= 0.6 is 23.2 Å². The van der Waals surface area contributed by atoms with E-state index in [-0.39, 0.29) is 0 Å². The molecule has 0 amide bonds. The predicted octanol–water partition coefficient (Wildman–Crippen LogP) is 6.02. The molecule has 3 aromatic rings. The van der Waals surface area contributed by atoms with Crippen molar-refractivity contribution in [2.75, 3.05) is 5.43 Å². The van der Waals surface area contributed by atoms with Gasteiger partial charge in [0.1, 0.15) is 12.4 Å². The smallest absolute Gasteiger partial charge is 0.122 e. The van der Waals surface area contributed by atoms with Crippen molar-refractivity contribution in [3.63, 3.8) is 0 Å². The largest absolute Gasteiger partial charge is 0.489 e. The number of nitrogens with one attached hydrogen (secondary N) is 1. The van der Waals surface area contributed by atoms with Gasteiger partial charge in [0.25, 0.3) is 0 Å². The molecule has 0 saturated carbocycles. The van der Waals surface area contributed by atoms with Crippen molar-refractivity contribution < 1.29 is 4.74 Å². The van der Waals surface area contributed by atoms with Crippen molar-refractivity contribution >= 4 is 35.1 Å². The summed E-state index contributed by atoms with van der Waals surface area (Å²) < 4.78 is 5.75. The molecule has 5 heteroatoms. The third kappa shape index (κ3) is 4.99. The minimum Gasteiger partial charge on any atom is -0.489 e. The summed E-state index contributed by atoms with van der Waals surface area (Å²) in [5.74, 6) is 0.618. The average Bonchev–Trinajstić information content (AvgIpc) is 2.64. The second-order valence-electron chi connectivity index (χ2n) is 5.31. The van der Waals surface area contributed by atoms with Crippen molar-refractivity contribution in [1.82, 2.24) is 0 Å². The van der Waals surface area contributed by atoms with Crippen LogP contribution in [0.1, 0.15) is 11.1 Å². The molecular weight excluding hydrogens is 355 g/mol. The molecule has 0 saturated heterocycles. The zero-order valence-corrected chi connectivity index (χ0v) is 14.8. The SMILES string of the molecule is Clc1cc(OCc2ccccc2)cc(Cl)c1C=NNc1ccccc1. The van der Waals surface area contributed by atoms with Crippen LogP contribution in [-0.4, -0.2) is 6.21 Å². The first-order valence-electron chi connectivity index (χ1n) is 7.72. The summed E-state index contributed by atoms with van der Waals surface area (Å²) in [5.41, 5.74) is 5.53. The third-order valence-corrected chi connectivity index (χ3v) is 4.09. The number of hydrogen-bond donors (Lipinski definition) is 1. The fourth-order valence-electron chi connectivity index (χ4n) is 2.19. The van der Waals surface area contributed by atoms with Crippen LogP contribution in [0.3, 0.4) is 0 Å². The van der Waals surface area contributed by atoms with Gasteiger partial charge in [-0.15, -0.1) is 0 Å². The minimum atomic E-state index is 0.455. The van der Waals surface area contributed by atoms with E-state index in [1.54, 1.807) is 18.3 Å². The van der Waals surface area contributed by atoms with E-state index in [9.17, 15) is 0 Å². The highest BCUT2D eigenvalue weighted by atomic mass is 35.5. The Hall–Kier alpha value is -2.49. The van der Waals surface area contributed by atoms with Crippen molar-refractivity contribution in [2.45, 2.75) is 6.61 Å². The maximum absolute atomic E-state index is 6.31. The van der Waals surface area contributed by atoms with Crippen LogP contribution in [0.4, 0.5) is 5.69 Å². The van der Waals surface area contributed by atoms with E-state index in [1.165, 1.54) is 0 Å². The van der Waals surface area contributed by atoms with E-state index in [0.717, 1.165) is 11.3 Å². The number of nitrogens with zero attached hydrogens (tertiary/aromatic N) is 1. The van der Waals surface area contributed by atoms with E-state index < -0.39 is 0 Å². The van der Waals surface area contributed by atoms with Crippen LogP contribution < -0.4 is 10.2 Å². The molecule has 0 aliphatic carbocycles. The molecule has 3 aromatic carbocycles. The summed E-state index contributed by atoms with van der Waals surface area (Å²) in [6.07, 6.45) is 1.60. The monoisotopic (exact) mass is 370 g/mol. The van der Waals surface area contributed by atoms with Gasteiger partial charge in [0.2, 0.25) is 0 Å². The number of rotatable bonds is 6. The molecule has 126 valence electrons. The number of benzene rings is 3. The van der Waals surface area contributed by atoms with Crippen LogP contribution in [0.15, 0.2) is 77.9 Å². The maximum Gasteiger partial charge on any atom is 0.122 e. The first kappa shape index (κ1) is 17.3. The maximum atomic E-state index is 6.31. The van der Waals surface area contributed by atoms with Gasteiger partial charge in [-0.1, -0.05) is 71.7 Å². The Morgan fingerprint density at radius 2 is 1.48 bits per heavy atom. The third-order valence-electron chi connectivity index (χ3n) is 3.46. The van der Waals surface area contributed by atoms with Gasteiger partial charge in [0, 0.05) is 5.56 Å². The Morgan fingerprint density at radius 1 is 0.880 bits per heavy atom. The highest BCUT2D eigenvalue weighted by Crippen LogP contribution is 2.29. The normalized spacial score (nSPS) is 10.8. The summed E-state index contributed by atoms with van der Waals surface area (Å²) in [4.78, 5) is 0.